The van der Waals surface area contributed by atoms with E-state index in [0.717, 1.165) is 11.3 Å². The van der Waals surface area contributed by atoms with E-state index in [1.54, 1.807) is 4.90 Å². The predicted octanol–water partition coefficient (Wildman–Crippen LogP) is 2.82. The zero-order chi connectivity index (χ0) is 14.8. The first kappa shape index (κ1) is 14.1. The highest BCUT2D eigenvalue weighted by atomic mass is 35.5. The molecule has 0 N–H and O–H groups in total. The molecular formula is C14H11Cl2N3O2. The fourth-order valence-electron chi connectivity index (χ4n) is 2.17. The van der Waals surface area contributed by atoms with Gasteiger partial charge in [-0.15, -0.1) is 10.2 Å². The molecule has 2 aromatic rings. The monoisotopic (exact) mass is 323 g/mol. The second-order valence-corrected chi connectivity index (χ2v) is 5.30. The number of hydrogen-bond donors (Lipinski definition) is 0. The quantitative estimate of drug-likeness (QED) is 0.809. The zero-order valence-corrected chi connectivity index (χ0v) is 12.4. The number of nitrogens with zero attached hydrogens (tertiary/aromatic N) is 3. The highest BCUT2D eigenvalue weighted by Gasteiger charge is 2.23. The van der Waals surface area contributed by atoms with Crippen LogP contribution < -0.4 is 4.74 Å². The van der Waals surface area contributed by atoms with Crippen molar-refractivity contribution in [1.82, 2.24) is 15.1 Å². The smallest absolute Gasteiger partial charge is 0.257 e. The van der Waals surface area contributed by atoms with E-state index in [0.29, 0.717) is 19.7 Å². The average molecular weight is 324 g/mol. The zero-order valence-electron chi connectivity index (χ0n) is 10.9. The molecule has 2 heterocycles. The van der Waals surface area contributed by atoms with E-state index in [2.05, 4.69) is 10.2 Å². The van der Waals surface area contributed by atoms with E-state index in [4.69, 9.17) is 27.9 Å². The number of hydrogen-bond acceptors (Lipinski definition) is 4. The molecule has 0 fully saturated rings. The van der Waals surface area contributed by atoms with Crippen molar-refractivity contribution in [2.24, 2.45) is 0 Å². The Morgan fingerprint density at radius 3 is 2.90 bits per heavy atom. The summed E-state index contributed by atoms with van der Waals surface area (Å²) in [5.41, 5.74) is 1.20. The number of benzene rings is 1. The molecule has 0 atom stereocenters. The van der Waals surface area contributed by atoms with E-state index in [1.165, 1.54) is 6.07 Å². The van der Waals surface area contributed by atoms with Gasteiger partial charge in [0, 0.05) is 12.1 Å². The Balaban J connectivity index is 1.90. The van der Waals surface area contributed by atoms with Crippen LogP contribution >= 0.6 is 23.2 Å². The molecule has 0 unspecified atom stereocenters. The molecule has 0 aliphatic carbocycles. The van der Waals surface area contributed by atoms with Gasteiger partial charge in [-0.25, -0.2) is 0 Å². The summed E-state index contributed by atoms with van der Waals surface area (Å²) in [4.78, 5) is 14.3. The summed E-state index contributed by atoms with van der Waals surface area (Å²) < 4.78 is 5.64. The third-order valence-electron chi connectivity index (χ3n) is 3.19. The van der Waals surface area contributed by atoms with Crippen LogP contribution in [0.4, 0.5) is 0 Å². The summed E-state index contributed by atoms with van der Waals surface area (Å²) in [6.45, 7) is 1.33. The van der Waals surface area contributed by atoms with Gasteiger partial charge in [-0.05, 0) is 12.1 Å². The molecule has 108 valence electrons. The largest absolute Gasteiger partial charge is 0.491 e. The van der Waals surface area contributed by atoms with E-state index < -0.39 is 0 Å². The Kier molecular flexibility index (Phi) is 3.94. The maximum absolute atomic E-state index is 12.6. The molecule has 1 aliphatic heterocycles. The van der Waals surface area contributed by atoms with Crippen LogP contribution in [0.1, 0.15) is 15.9 Å². The SMILES string of the molecule is O=C(c1cc(Cl)nnc1Cl)N1CCOc2ccccc2C1. The molecule has 1 aromatic heterocycles. The maximum Gasteiger partial charge on any atom is 0.257 e. The Hall–Kier alpha value is -1.85. The van der Waals surface area contributed by atoms with Crippen LogP contribution in [0.15, 0.2) is 30.3 Å². The predicted molar refractivity (Wildman–Crippen MR) is 78.7 cm³/mol. The van der Waals surface area contributed by atoms with Gasteiger partial charge in [-0.1, -0.05) is 41.4 Å². The molecule has 0 saturated carbocycles. The lowest BCUT2D eigenvalue weighted by Gasteiger charge is -2.20. The minimum atomic E-state index is -0.239. The fraction of sp³-hybridized carbons (Fsp3) is 0.214. The van der Waals surface area contributed by atoms with Crippen molar-refractivity contribution in [2.75, 3.05) is 13.2 Å². The molecule has 0 bridgehead atoms. The number of rotatable bonds is 1. The number of carbonyl (C=O) groups is 1. The van der Waals surface area contributed by atoms with Gasteiger partial charge in [0.05, 0.1) is 12.1 Å². The van der Waals surface area contributed by atoms with E-state index in [-0.39, 0.29) is 21.8 Å². The molecule has 3 rings (SSSR count). The van der Waals surface area contributed by atoms with Crippen LogP contribution in [0.5, 0.6) is 5.75 Å². The van der Waals surface area contributed by atoms with Gasteiger partial charge in [0.2, 0.25) is 0 Å². The van der Waals surface area contributed by atoms with Crippen molar-refractivity contribution in [2.45, 2.75) is 6.54 Å². The lowest BCUT2D eigenvalue weighted by molar-refractivity contribution is 0.0733. The van der Waals surface area contributed by atoms with Crippen molar-refractivity contribution in [3.63, 3.8) is 0 Å². The van der Waals surface area contributed by atoms with Gasteiger partial charge in [-0.2, -0.15) is 0 Å². The van der Waals surface area contributed by atoms with Gasteiger partial charge in [0.1, 0.15) is 12.4 Å². The van der Waals surface area contributed by atoms with Crippen LogP contribution in [-0.2, 0) is 6.54 Å². The molecule has 0 saturated heterocycles. The molecule has 21 heavy (non-hydrogen) atoms. The number of halogens is 2. The highest BCUT2D eigenvalue weighted by molar-refractivity contribution is 6.34. The van der Waals surface area contributed by atoms with Crippen molar-refractivity contribution in [1.29, 1.82) is 0 Å². The standard InChI is InChI=1S/C14H11Cl2N3O2/c15-12-7-10(13(16)18-17-12)14(20)19-5-6-21-11-4-2-1-3-9(11)8-19/h1-4,7H,5-6,8H2. The molecule has 0 spiro atoms. The molecular weight excluding hydrogens is 313 g/mol. The molecule has 5 nitrogen and oxygen atoms in total. The van der Waals surface area contributed by atoms with E-state index >= 15 is 0 Å². The molecule has 1 amide bonds. The Bertz CT molecular complexity index is 694. The number of para-hydroxylation sites is 1. The van der Waals surface area contributed by atoms with Crippen molar-refractivity contribution in [3.8, 4) is 5.75 Å². The van der Waals surface area contributed by atoms with Crippen LogP contribution in [0, 0.1) is 0 Å². The number of fused-ring (bicyclic) bond motifs is 1. The lowest BCUT2D eigenvalue weighted by atomic mass is 10.2. The second kappa shape index (κ2) is 5.87. The van der Waals surface area contributed by atoms with Crippen LogP contribution in [0.2, 0.25) is 10.3 Å². The summed E-state index contributed by atoms with van der Waals surface area (Å²) in [6.07, 6.45) is 0. The molecule has 7 heteroatoms. The average Bonchev–Trinajstić information content (AvgIpc) is 2.71. The first-order valence-corrected chi connectivity index (χ1v) is 7.09. The third-order valence-corrected chi connectivity index (χ3v) is 3.65. The summed E-state index contributed by atoms with van der Waals surface area (Å²) in [5.74, 6) is 0.557. The molecule has 0 radical (unpaired) electrons. The maximum atomic E-state index is 12.6. The third kappa shape index (κ3) is 2.94. The van der Waals surface area contributed by atoms with E-state index in [1.807, 2.05) is 24.3 Å². The second-order valence-electron chi connectivity index (χ2n) is 4.55. The van der Waals surface area contributed by atoms with Crippen LogP contribution in [0.25, 0.3) is 0 Å². The summed E-state index contributed by atoms with van der Waals surface area (Å²) in [5, 5.41) is 7.45. The van der Waals surface area contributed by atoms with Gasteiger partial charge < -0.3 is 9.64 Å². The van der Waals surface area contributed by atoms with Crippen molar-refractivity contribution in [3.05, 3.63) is 51.8 Å². The Labute approximate surface area is 131 Å². The number of carbonyl (C=O) groups excluding carboxylic acids is 1. The van der Waals surface area contributed by atoms with Crippen molar-refractivity contribution >= 4 is 29.1 Å². The summed E-state index contributed by atoms with van der Waals surface area (Å²) in [7, 11) is 0. The fourth-order valence-corrected chi connectivity index (χ4v) is 2.49. The van der Waals surface area contributed by atoms with Crippen LogP contribution in [0.3, 0.4) is 0 Å². The first-order valence-electron chi connectivity index (χ1n) is 6.34. The van der Waals surface area contributed by atoms with Gasteiger partial charge in [-0.3, -0.25) is 4.79 Å². The molecule has 1 aliphatic rings. The minimum Gasteiger partial charge on any atom is -0.491 e. The lowest BCUT2D eigenvalue weighted by Crippen LogP contribution is -2.32. The van der Waals surface area contributed by atoms with Crippen LogP contribution in [-0.4, -0.2) is 34.2 Å². The summed E-state index contributed by atoms with van der Waals surface area (Å²) >= 11 is 11.7. The first-order chi connectivity index (χ1) is 10.1. The summed E-state index contributed by atoms with van der Waals surface area (Å²) in [6, 6.07) is 9.06. The Morgan fingerprint density at radius 2 is 2.05 bits per heavy atom. The van der Waals surface area contributed by atoms with Gasteiger partial charge in [0.25, 0.3) is 5.91 Å². The Morgan fingerprint density at radius 1 is 1.24 bits per heavy atom. The van der Waals surface area contributed by atoms with E-state index in [9.17, 15) is 4.79 Å². The van der Waals surface area contributed by atoms with Gasteiger partial charge in [0.15, 0.2) is 10.3 Å². The number of ether oxygens (including phenoxy) is 1. The topological polar surface area (TPSA) is 55.3 Å². The number of amides is 1. The normalized spacial score (nSPS) is 14.1. The van der Waals surface area contributed by atoms with Crippen molar-refractivity contribution < 1.29 is 9.53 Å². The number of aromatic nitrogens is 2. The van der Waals surface area contributed by atoms with Gasteiger partial charge >= 0.3 is 0 Å². The molecule has 1 aromatic carbocycles. The minimum absolute atomic E-state index is 0.0443. The highest BCUT2D eigenvalue weighted by Crippen LogP contribution is 2.25.